The molecule has 0 bridgehead atoms. The van der Waals surface area contributed by atoms with Crippen LogP contribution in [0.5, 0.6) is 0 Å². The van der Waals surface area contributed by atoms with E-state index in [1.54, 1.807) is 4.90 Å². The lowest BCUT2D eigenvalue weighted by atomic mass is 9.89. The second-order valence-electron chi connectivity index (χ2n) is 4.87. The number of carbonyl (C=O) groups is 3. The summed E-state index contributed by atoms with van der Waals surface area (Å²) in [7, 11) is 0. The predicted molar refractivity (Wildman–Crippen MR) is 63.5 cm³/mol. The molecule has 0 saturated carbocycles. The monoisotopic (exact) mass is 254 g/mol. The quantitative estimate of drug-likeness (QED) is 0.545. The van der Waals surface area contributed by atoms with Crippen molar-refractivity contribution < 1.29 is 14.4 Å². The Morgan fingerprint density at radius 1 is 1.56 bits per heavy atom. The first kappa shape index (κ1) is 12.8. The van der Waals surface area contributed by atoms with Crippen molar-refractivity contribution in [3.63, 3.8) is 0 Å². The first-order chi connectivity index (χ1) is 8.48. The number of likely N-dealkylation sites (tertiary alicyclic amines) is 1. The molecule has 2 rings (SSSR count). The molecule has 2 heterocycles. The van der Waals surface area contributed by atoms with E-state index in [1.807, 2.05) is 6.92 Å². The molecule has 0 radical (unpaired) electrons. The number of urea groups is 1. The fraction of sp³-hybridized carbons (Fsp3) is 0.727. The smallest absolute Gasteiger partial charge is 0.322 e. The highest BCUT2D eigenvalue weighted by Crippen LogP contribution is 2.24. The molecule has 4 amide bonds. The number of nitrogens with zero attached hydrogens (tertiary/aromatic N) is 1. The fourth-order valence-electron chi connectivity index (χ4n) is 2.47. The zero-order valence-corrected chi connectivity index (χ0v) is 10.4. The number of rotatable bonds is 2. The van der Waals surface area contributed by atoms with Crippen molar-refractivity contribution in [3.05, 3.63) is 0 Å². The van der Waals surface area contributed by atoms with Gasteiger partial charge in [-0.1, -0.05) is 6.92 Å². The van der Waals surface area contributed by atoms with Crippen LogP contribution in [0.15, 0.2) is 0 Å². The van der Waals surface area contributed by atoms with Crippen molar-refractivity contribution in [2.45, 2.75) is 37.8 Å². The number of nitrogens with one attached hydrogen (secondary N) is 2. The number of hydrogen-bond acceptors (Lipinski definition) is 4. The van der Waals surface area contributed by atoms with E-state index in [-0.39, 0.29) is 18.4 Å². The van der Waals surface area contributed by atoms with Crippen LogP contribution in [0, 0.1) is 0 Å². The maximum absolute atomic E-state index is 12.0. The zero-order chi connectivity index (χ0) is 13.3. The molecule has 1 unspecified atom stereocenters. The van der Waals surface area contributed by atoms with Crippen molar-refractivity contribution >= 4 is 17.8 Å². The van der Waals surface area contributed by atoms with Gasteiger partial charge in [-0.25, -0.2) is 4.79 Å². The summed E-state index contributed by atoms with van der Waals surface area (Å²) in [6.07, 6.45) is 1.78. The highest BCUT2D eigenvalue weighted by atomic mass is 16.2. The number of amides is 4. The van der Waals surface area contributed by atoms with Crippen LogP contribution in [0.4, 0.5) is 4.79 Å². The Kier molecular flexibility index (Phi) is 3.25. The van der Waals surface area contributed by atoms with Gasteiger partial charge in [0.25, 0.3) is 5.91 Å². The van der Waals surface area contributed by atoms with E-state index in [0.29, 0.717) is 25.8 Å². The van der Waals surface area contributed by atoms with E-state index >= 15 is 0 Å². The Hall–Kier alpha value is -1.63. The summed E-state index contributed by atoms with van der Waals surface area (Å²) in [4.78, 5) is 36.6. The second kappa shape index (κ2) is 4.56. The second-order valence-corrected chi connectivity index (χ2v) is 4.87. The summed E-state index contributed by atoms with van der Waals surface area (Å²) < 4.78 is 0. The lowest BCUT2D eigenvalue weighted by Crippen LogP contribution is -2.61. The molecule has 1 spiro atoms. The van der Waals surface area contributed by atoms with Crippen LogP contribution in [0.25, 0.3) is 0 Å². The lowest BCUT2D eigenvalue weighted by molar-refractivity contribution is -0.137. The summed E-state index contributed by atoms with van der Waals surface area (Å²) in [5, 5.41) is 4.85. The minimum Gasteiger partial charge on any atom is -0.338 e. The van der Waals surface area contributed by atoms with Gasteiger partial charge in [0, 0.05) is 6.54 Å². The molecule has 100 valence electrons. The zero-order valence-electron chi connectivity index (χ0n) is 10.4. The van der Waals surface area contributed by atoms with Gasteiger partial charge < -0.3 is 16.0 Å². The summed E-state index contributed by atoms with van der Waals surface area (Å²) in [6.45, 7) is 2.63. The Labute approximate surface area is 105 Å². The van der Waals surface area contributed by atoms with Gasteiger partial charge in [0.2, 0.25) is 5.91 Å². The van der Waals surface area contributed by atoms with E-state index in [4.69, 9.17) is 5.73 Å². The molecule has 0 aliphatic carbocycles. The van der Waals surface area contributed by atoms with Gasteiger partial charge in [0.05, 0.1) is 12.6 Å². The number of carbonyl (C=O) groups excluding carboxylic acids is 3. The summed E-state index contributed by atoms with van der Waals surface area (Å²) >= 11 is 0. The number of imide groups is 1. The Balaban J connectivity index is 2.12. The van der Waals surface area contributed by atoms with Crippen LogP contribution in [-0.4, -0.2) is 47.4 Å². The third-order valence-electron chi connectivity index (χ3n) is 3.58. The molecular formula is C11H18N4O3. The largest absolute Gasteiger partial charge is 0.338 e. The van der Waals surface area contributed by atoms with Crippen molar-refractivity contribution in [2.24, 2.45) is 5.73 Å². The average molecular weight is 254 g/mol. The van der Waals surface area contributed by atoms with Crippen molar-refractivity contribution in [1.29, 1.82) is 0 Å². The van der Waals surface area contributed by atoms with Gasteiger partial charge in [-0.05, 0) is 19.3 Å². The van der Waals surface area contributed by atoms with Crippen LogP contribution in [-0.2, 0) is 9.59 Å². The van der Waals surface area contributed by atoms with Gasteiger partial charge in [0.15, 0.2) is 0 Å². The van der Waals surface area contributed by atoms with E-state index in [0.717, 1.165) is 0 Å². The van der Waals surface area contributed by atoms with Crippen LogP contribution in [0.2, 0.25) is 0 Å². The molecule has 2 saturated heterocycles. The van der Waals surface area contributed by atoms with Crippen LogP contribution >= 0.6 is 0 Å². The van der Waals surface area contributed by atoms with E-state index in [9.17, 15) is 14.4 Å². The Morgan fingerprint density at radius 3 is 2.83 bits per heavy atom. The van der Waals surface area contributed by atoms with Crippen LogP contribution in [0.1, 0.15) is 26.2 Å². The first-order valence-corrected chi connectivity index (χ1v) is 6.16. The molecule has 2 atom stereocenters. The van der Waals surface area contributed by atoms with Gasteiger partial charge >= 0.3 is 6.03 Å². The number of piperidine rings is 1. The summed E-state index contributed by atoms with van der Waals surface area (Å²) in [5.74, 6) is -0.513. The minimum absolute atomic E-state index is 0.162. The third-order valence-corrected chi connectivity index (χ3v) is 3.58. The summed E-state index contributed by atoms with van der Waals surface area (Å²) in [6, 6.07) is -1.03. The first-order valence-electron chi connectivity index (χ1n) is 6.16. The lowest BCUT2D eigenvalue weighted by Gasteiger charge is -2.38. The molecule has 2 fully saturated rings. The van der Waals surface area contributed by atoms with Crippen molar-refractivity contribution in [2.75, 3.05) is 13.1 Å². The maximum atomic E-state index is 12.0. The predicted octanol–water partition coefficient (Wildman–Crippen LogP) is -1.08. The molecule has 7 nitrogen and oxygen atoms in total. The molecular weight excluding hydrogens is 236 g/mol. The van der Waals surface area contributed by atoms with Crippen LogP contribution < -0.4 is 16.4 Å². The molecule has 2 aliphatic heterocycles. The molecule has 2 aliphatic rings. The maximum Gasteiger partial charge on any atom is 0.322 e. The van der Waals surface area contributed by atoms with Crippen molar-refractivity contribution in [1.82, 2.24) is 15.5 Å². The standard InChI is InChI=1S/C11H18N4O3/c1-2-7(12)8(16)15-5-3-4-11(6-15)9(17)13-10(18)14-11/h7H,2-6,12H2,1H3,(H2,13,14,17,18)/t7-,11?/m1/s1. The van der Waals surface area contributed by atoms with Gasteiger partial charge in [-0.2, -0.15) is 0 Å². The van der Waals surface area contributed by atoms with E-state index in [1.165, 1.54) is 0 Å². The van der Waals surface area contributed by atoms with Gasteiger partial charge in [-0.15, -0.1) is 0 Å². The van der Waals surface area contributed by atoms with Crippen molar-refractivity contribution in [3.8, 4) is 0 Å². The van der Waals surface area contributed by atoms with E-state index in [2.05, 4.69) is 10.6 Å². The minimum atomic E-state index is -0.960. The molecule has 0 aromatic carbocycles. The van der Waals surface area contributed by atoms with Gasteiger partial charge in [0.1, 0.15) is 5.54 Å². The Bertz CT molecular complexity index is 398. The summed E-state index contributed by atoms with van der Waals surface area (Å²) in [5.41, 5.74) is 4.76. The highest BCUT2D eigenvalue weighted by molar-refractivity contribution is 6.07. The van der Waals surface area contributed by atoms with Crippen LogP contribution in [0.3, 0.4) is 0 Å². The molecule has 0 aromatic heterocycles. The molecule has 18 heavy (non-hydrogen) atoms. The van der Waals surface area contributed by atoms with E-state index < -0.39 is 17.6 Å². The normalized spacial score (nSPS) is 29.1. The Morgan fingerprint density at radius 2 is 2.28 bits per heavy atom. The number of hydrogen-bond donors (Lipinski definition) is 3. The average Bonchev–Trinajstić information content (AvgIpc) is 2.62. The molecule has 0 aromatic rings. The number of nitrogens with two attached hydrogens (primary N) is 1. The fourth-order valence-corrected chi connectivity index (χ4v) is 2.47. The van der Waals surface area contributed by atoms with Gasteiger partial charge in [-0.3, -0.25) is 14.9 Å². The third kappa shape index (κ3) is 2.05. The topological polar surface area (TPSA) is 105 Å². The highest BCUT2D eigenvalue weighted by Gasteiger charge is 2.49. The molecule has 7 heteroatoms. The SMILES string of the molecule is CC[C@@H](N)C(=O)N1CCCC2(C1)NC(=O)NC2=O. The molecule has 4 N–H and O–H groups in total.